The van der Waals surface area contributed by atoms with Crippen molar-refractivity contribution in [1.82, 2.24) is 20.8 Å². The topological polar surface area (TPSA) is 84.6 Å². The molecule has 134 valence electrons. The third-order valence-electron chi connectivity index (χ3n) is 3.97. The van der Waals surface area contributed by atoms with Crippen molar-refractivity contribution in [3.05, 3.63) is 41.5 Å². The zero-order valence-electron chi connectivity index (χ0n) is 15.2. The van der Waals surface area contributed by atoms with Crippen molar-refractivity contribution >= 4 is 5.96 Å². The Morgan fingerprint density at radius 3 is 2.88 bits per heavy atom. The number of nitrogens with one attached hydrogen (secondary N) is 2. The van der Waals surface area contributed by atoms with Gasteiger partial charge in [-0.2, -0.15) is 4.98 Å². The average molecular weight is 343 g/mol. The second-order valence-electron chi connectivity index (χ2n) is 6.73. The number of rotatable bonds is 4. The summed E-state index contributed by atoms with van der Waals surface area (Å²) in [4.78, 5) is 8.76. The molecule has 0 aliphatic carbocycles. The van der Waals surface area contributed by atoms with Gasteiger partial charge < -0.3 is 19.9 Å². The van der Waals surface area contributed by atoms with Crippen molar-refractivity contribution in [2.45, 2.75) is 52.3 Å². The van der Waals surface area contributed by atoms with Crippen LogP contribution in [0.4, 0.5) is 0 Å². The molecule has 1 atom stereocenters. The highest BCUT2D eigenvalue weighted by molar-refractivity contribution is 5.80. The van der Waals surface area contributed by atoms with E-state index in [0.717, 1.165) is 30.2 Å². The van der Waals surface area contributed by atoms with E-state index in [-0.39, 0.29) is 11.6 Å². The summed E-state index contributed by atoms with van der Waals surface area (Å²) in [5.74, 6) is 2.75. The Morgan fingerprint density at radius 2 is 2.16 bits per heavy atom. The zero-order valence-corrected chi connectivity index (χ0v) is 15.2. The number of para-hydroxylation sites is 1. The number of nitrogens with zero attached hydrogens (tertiary/aromatic N) is 3. The van der Waals surface area contributed by atoms with E-state index in [2.05, 4.69) is 45.7 Å². The minimum Gasteiger partial charge on any atom is -0.487 e. The molecule has 0 saturated carbocycles. The molecule has 1 aromatic carbocycles. The molecule has 0 fully saturated rings. The quantitative estimate of drug-likeness (QED) is 0.656. The van der Waals surface area contributed by atoms with Gasteiger partial charge in [0.05, 0.1) is 6.04 Å². The largest absolute Gasteiger partial charge is 0.487 e. The lowest BCUT2D eigenvalue weighted by Crippen LogP contribution is -2.45. The first-order valence-electron chi connectivity index (χ1n) is 8.59. The Kier molecular flexibility index (Phi) is 4.92. The van der Waals surface area contributed by atoms with E-state index in [1.807, 2.05) is 25.1 Å². The van der Waals surface area contributed by atoms with Crippen LogP contribution in [0.3, 0.4) is 0 Å². The third-order valence-corrected chi connectivity index (χ3v) is 3.97. The van der Waals surface area contributed by atoms with Crippen molar-refractivity contribution < 1.29 is 9.26 Å². The molecule has 1 unspecified atom stereocenters. The number of ether oxygens (including phenoxy) is 1. The summed E-state index contributed by atoms with van der Waals surface area (Å²) < 4.78 is 11.2. The molecule has 0 bridgehead atoms. The molecule has 25 heavy (non-hydrogen) atoms. The summed E-state index contributed by atoms with van der Waals surface area (Å²) >= 11 is 0. The second-order valence-corrected chi connectivity index (χ2v) is 6.73. The summed E-state index contributed by atoms with van der Waals surface area (Å²) in [6.07, 6.45) is 0.841. The molecule has 2 N–H and O–H groups in total. The van der Waals surface area contributed by atoms with Crippen molar-refractivity contribution in [2.24, 2.45) is 4.99 Å². The maximum absolute atomic E-state index is 6.09. The van der Waals surface area contributed by atoms with Gasteiger partial charge in [-0.15, -0.1) is 0 Å². The van der Waals surface area contributed by atoms with Gasteiger partial charge in [-0.1, -0.05) is 23.4 Å². The Balaban J connectivity index is 1.79. The van der Waals surface area contributed by atoms with Gasteiger partial charge in [0.15, 0.2) is 11.8 Å². The maximum Gasteiger partial charge on any atom is 0.248 e. The van der Waals surface area contributed by atoms with Crippen LogP contribution in [0.25, 0.3) is 0 Å². The lowest BCUT2D eigenvalue weighted by atomic mass is 9.90. The predicted molar refractivity (Wildman–Crippen MR) is 95.5 cm³/mol. The molecular weight excluding hydrogens is 318 g/mol. The van der Waals surface area contributed by atoms with Crippen LogP contribution in [0.2, 0.25) is 0 Å². The Hall–Kier alpha value is -2.57. The molecule has 7 nitrogen and oxygen atoms in total. The first-order valence-corrected chi connectivity index (χ1v) is 8.59. The highest BCUT2D eigenvalue weighted by Gasteiger charge is 2.33. The first-order chi connectivity index (χ1) is 12.0. The number of hydrogen-bond acceptors (Lipinski definition) is 5. The van der Waals surface area contributed by atoms with Crippen LogP contribution >= 0.6 is 0 Å². The van der Waals surface area contributed by atoms with Gasteiger partial charge in [0, 0.05) is 18.5 Å². The number of benzene rings is 1. The highest BCUT2D eigenvalue weighted by Crippen LogP contribution is 2.39. The first kappa shape index (κ1) is 17.3. The van der Waals surface area contributed by atoms with Crippen molar-refractivity contribution in [2.75, 3.05) is 6.54 Å². The molecule has 0 saturated heterocycles. The third kappa shape index (κ3) is 4.29. The summed E-state index contributed by atoms with van der Waals surface area (Å²) in [7, 11) is 0. The lowest BCUT2D eigenvalue weighted by Gasteiger charge is -2.38. The second kappa shape index (κ2) is 7.13. The van der Waals surface area contributed by atoms with Gasteiger partial charge in [0.25, 0.3) is 0 Å². The van der Waals surface area contributed by atoms with E-state index >= 15 is 0 Å². The number of guanidine groups is 1. The Morgan fingerprint density at radius 1 is 1.36 bits per heavy atom. The fourth-order valence-electron chi connectivity index (χ4n) is 2.97. The molecule has 3 rings (SSSR count). The average Bonchev–Trinajstić information content (AvgIpc) is 2.97. The number of fused-ring (bicyclic) bond motifs is 1. The van der Waals surface area contributed by atoms with Gasteiger partial charge >= 0.3 is 0 Å². The molecule has 0 radical (unpaired) electrons. The molecular formula is C18H25N5O2. The minimum absolute atomic E-state index is 0.113. The van der Waals surface area contributed by atoms with Crippen molar-refractivity contribution in [3.63, 3.8) is 0 Å². The normalized spacial score (nSPS) is 19.0. The standard InChI is InChI=1S/C18H25N5O2/c1-5-19-17(20-11-16-21-12(2)23-25-16)22-14-10-18(3,4)24-15-9-7-6-8-13(14)15/h6-9,14H,5,10-11H2,1-4H3,(H2,19,20,22). The molecule has 2 aromatic rings. The molecule has 1 aromatic heterocycles. The van der Waals surface area contributed by atoms with E-state index < -0.39 is 0 Å². The van der Waals surface area contributed by atoms with Crippen LogP contribution in [-0.2, 0) is 6.54 Å². The lowest BCUT2D eigenvalue weighted by molar-refractivity contribution is 0.0694. The number of aromatic nitrogens is 2. The Labute approximate surface area is 147 Å². The fourth-order valence-corrected chi connectivity index (χ4v) is 2.97. The summed E-state index contributed by atoms with van der Waals surface area (Å²) in [6.45, 7) is 9.14. The van der Waals surface area contributed by atoms with E-state index in [9.17, 15) is 0 Å². The van der Waals surface area contributed by atoms with Gasteiger partial charge in [-0.05, 0) is 33.8 Å². The molecule has 0 amide bonds. The van der Waals surface area contributed by atoms with Crippen LogP contribution in [0.15, 0.2) is 33.8 Å². The maximum atomic E-state index is 6.09. The summed E-state index contributed by atoms with van der Waals surface area (Å²) in [5.41, 5.74) is 0.897. The Bertz CT molecular complexity index is 753. The fraction of sp³-hybridized carbons (Fsp3) is 0.500. The molecule has 0 spiro atoms. The number of aryl methyl sites for hydroxylation is 1. The van der Waals surface area contributed by atoms with Gasteiger partial charge in [0.1, 0.15) is 17.9 Å². The summed E-state index contributed by atoms with van der Waals surface area (Å²) in [6, 6.07) is 8.24. The molecule has 1 aliphatic rings. The number of aliphatic imine (C=N–C) groups is 1. The van der Waals surface area contributed by atoms with Gasteiger partial charge in [-0.3, -0.25) is 0 Å². The smallest absolute Gasteiger partial charge is 0.248 e. The van der Waals surface area contributed by atoms with Crippen molar-refractivity contribution in [1.29, 1.82) is 0 Å². The minimum atomic E-state index is -0.243. The van der Waals surface area contributed by atoms with E-state index in [4.69, 9.17) is 9.26 Å². The molecule has 1 aliphatic heterocycles. The van der Waals surface area contributed by atoms with Crippen LogP contribution < -0.4 is 15.4 Å². The molecule has 2 heterocycles. The van der Waals surface area contributed by atoms with E-state index in [1.165, 1.54) is 0 Å². The SMILES string of the molecule is CCNC(=NCc1nc(C)no1)NC1CC(C)(C)Oc2ccccc21. The number of hydrogen-bond donors (Lipinski definition) is 2. The van der Waals surface area contributed by atoms with E-state index in [0.29, 0.717) is 18.3 Å². The van der Waals surface area contributed by atoms with Crippen LogP contribution in [-0.4, -0.2) is 28.2 Å². The van der Waals surface area contributed by atoms with Crippen LogP contribution in [0, 0.1) is 6.92 Å². The van der Waals surface area contributed by atoms with Crippen molar-refractivity contribution in [3.8, 4) is 5.75 Å². The molecule has 7 heteroatoms. The van der Waals surface area contributed by atoms with Crippen LogP contribution in [0.5, 0.6) is 5.75 Å². The van der Waals surface area contributed by atoms with Crippen LogP contribution in [0.1, 0.15) is 50.5 Å². The van der Waals surface area contributed by atoms with Gasteiger partial charge in [-0.25, -0.2) is 4.99 Å². The zero-order chi connectivity index (χ0) is 17.9. The van der Waals surface area contributed by atoms with Gasteiger partial charge in [0.2, 0.25) is 5.89 Å². The van der Waals surface area contributed by atoms with E-state index in [1.54, 1.807) is 6.92 Å². The summed E-state index contributed by atoms with van der Waals surface area (Å²) in [5, 5.41) is 10.6. The highest BCUT2D eigenvalue weighted by atomic mass is 16.5. The monoisotopic (exact) mass is 343 g/mol. The predicted octanol–water partition coefficient (Wildman–Crippen LogP) is 2.74.